The molecule has 2 amide bonds. The summed E-state index contributed by atoms with van der Waals surface area (Å²) in [6.07, 6.45) is 5.47. The lowest BCUT2D eigenvalue weighted by Crippen LogP contribution is -2.46. The summed E-state index contributed by atoms with van der Waals surface area (Å²) in [5.41, 5.74) is 3.27. The van der Waals surface area contributed by atoms with E-state index in [0.717, 1.165) is 47.7 Å². The fourth-order valence-corrected chi connectivity index (χ4v) is 3.83. The van der Waals surface area contributed by atoms with Gasteiger partial charge in [0.1, 0.15) is 0 Å². The average molecular weight is 371 g/mol. The molecule has 0 atom stereocenters. The Kier molecular flexibility index (Phi) is 6.16. The molecule has 146 valence electrons. The van der Waals surface area contributed by atoms with Crippen molar-refractivity contribution in [2.24, 2.45) is 0 Å². The molecule has 0 spiro atoms. The average Bonchev–Trinajstić information content (AvgIpc) is 2.66. The van der Waals surface area contributed by atoms with Gasteiger partial charge in [0.05, 0.1) is 18.7 Å². The van der Waals surface area contributed by atoms with Gasteiger partial charge in [0, 0.05) is 23.5 Å². The van der Waals surface area contributed by atoms with E-state index in [-0.39, 0.29) is 37.3 Å². The summed E-state index contributed by atoms with van der Waals surface area (Å²) in [7, 11) is 0. The predicted molar refractivity (Wildman–Crippen MR) is 107 cm³/mol. The Balaban J connectivity index is 1.83. The van der Waals surface area contributed by atoms with Crippen molar-refractivity contribution in [1.29, 1.82) is 0 Å². The standard InChI is InChI=1S/C21H29N3O3/c1-14-8-9-15(2)19-18(14)12-16(20(26)23-19)13-24(10-11-25)21(27)22-17-6-4-3-5-7-17/h8-9,12,17,25H,3-7,10-11,13H2,1-2H3,(H,22,27)(H,23,26). The number of rotatable bonds is 5. The van der Waals surface area contributed by atoms with Gasteiger partial charge in [0.25, 0.3) is 5.56 Å². The van der Waals surface area contributed by atoms with Gasteiger partial charge in [0.15, 0.2) is 0 Å². The first kappa shape index (κ1) is 19.4. The number of aliphatic hydroxyl groups is 1. The van der Waals surface area contributed by atoms with E-state index in [2.05, 4.69) is 10.3 Å². The van der Waals surface area contributed by atoms with Gasteiger partial charge in [-0.3, -0.25) is 4.79 Å². The molecule has 3 rings (SSSR count). The summed E-state index contributed by atoms with van der Waals surface area (Å²) in [6.45, 7) is 4.21. The molecule has 6 nitrogen and oxygen atoms in total. The fourth-order valence-electron chi connectivity index (χ4n) is 3.83. The normalized spacial score (nSPS) is 15.1. The molecular formula is C21H29N3O3. The molecule has 0 aliphatic heterocycles. The summed E-state index contributed by atoms with van der Waals surface area (Å²) < 4.78 is 0. The van der Waals surface area contributed by atoms with E-state index in [0.29, 0.717) is 5.56 Å². The van der Waals surface area contributed by atoms with Crippen LogP contribution in [0.4, 0.5) is 4.79 Å². The first-order valence-corrected chi connectivity index (χ1v) is 9.78. The number of carbonyl (C=O) groups is 1. The van der Waals surface area contributed by atoms with Crippen molar-refractivity contribution in [3.05, 3.63) is 45.2 Å². The Bertz CT molecular complexity index is 869. The number of pyridine rings is 1. The molecule has 0 bridgehead atoms. The number of urea groups is 1. The van der Waals surface area contributed by atoms with Crippen molar-refractivity contribution >= 4 is 16.9 Å². The number of benzene rings is 1. The Morgan fingerprint density at radius 1 is 1.22 bits per heavy atom. The van der Waals surface area contributed by atoms with Gasteiger partial charge in [-0.2, -0.15) is 0 Å². The monoisotopic (exact) mass is 371 g/mol. The zero-order valence-electron chi connectivity index (χ0n) is 16.2. The molecule has 27 heavy (non-hydrogen) atoms. The van der Waals surface area contributed by atoms with Crippen molar-refractivity contribution in [3.8, 4) is 0 Å². The second-order valence-electron chi connectivity index (χ2n) is 7.54. The molecule has 1 aromatic carbocycles. The number of aliphatic hydroxyl groups excluding tert-OH is 1. The highest BCUT2D eigenvalue weighted by Crippen LogP contribution is 2.21. The van der Waals surface area contributed by atoms with Crippen molar-refractivity contribution in [1.82, 2.24) is 15.2 Å². The Morgan fingerprint density at radius 2 is 1.93 bits per heavy atom. The van der Waals surface area contributed by atoms with Crippen LogP contribution in [-0.4, -0.2) is 40.2 Å². The van der Waals surface area contributed by atoms with Crippen LogP contribution in [0, 0.1) is 13.8 Å². The van der Waals surface area contributed by atoms with Crippen molar-refractivity contribution in [2.75, 3.05) is 13.2 Å². The van der Waals surface area contributed by atoms with Crippen LogP contribution in [0.2, 0.25) is 0 Å². The Morgan fingerprint density at radius 3 is 2.63 bits per heavy atom. The highest BCUT2D eigenvalue weighted by molar-refractivity contribution is 5.85. The molecule has 2 aromatic rings. The molecule has 1 aliphatic carbocycles. The van der Waals surface area contributed by atoms with Gasteiger partial charge >= 0.3 is 6.03 Å². The van der Waals surface area contributed by atoms with E-state index in [4.69, 9.17) is 0 Å². The molecular weight excluding hydrogens is 342 g/mol. The van der Waals surface area contributed by atoms with E-state index in [1.165, 1.54) is 11.3 Å². The maximum atomic E-state index is 12.7. The number of nitrogens with one attached hydrogen (secondary N) is 2. The van der Waals surface area contributed by atoms with E-state index < -0.39 is 0 Å². The second-order valence-corrected chi connectivity index (χ2v) is 7.54. The van der Waals surface area contributed by atoms with Crippen molar-refractivity contribution in [3.63, 3.8) is 0 Å². The SMILES string of the molecule is Cc1ccc(C)c2[nH]c(=O)c(CN(CCO)C(=O)NC3CCCCC3)cc12. The second kappa shape index (κ2) is 8.57. The number of hydrogen-bond acceptors (Lipinski definition) is 3. The molecule has 6 heteroatoms. The molecule has 1 heterocycles. The third-order valence-electron chi connectivity index (χ3n) is 5.47. The zero-order chi connectivity index (χ0) is 19.4. The summed E-state index contributed by atoms with van der Waals surface area (Å²) in [5.74, 6) is 0. The van der Waals surface area contributed by atoms with E-state index in [1.54, 1.807) is 0 Å². The third-order valence-corrected chi connectivity index (χ3v) is 5.47. The maximum absolute atomic E-state index is 12.7. The van der Waals surface area contributed by atoms with Gasteiger partial charge in [-0.05, 0) is 43.9 Å². The lowest BCUT2D eigenvalue weighted by atomic mass is 9.96. The molecule has 1 saturated carbocycles. The topological polar surface area (TPSA) is 85.4 Å². The number of carbonyl (C=O) groups excluding carboxylic acids is 1. The lowest BCUT2D eigenvalue weighted by molar-refractivity contribution is 0.168. The molecule has 0 radical (unpaired) electrons. The van der Waals surface area contributed by atoms with Crippen molar-refractivity contribution < 1.29 is 9.90 Å². The fraction of sp³-hybridized carbons (Fsp3) is 0.524. The van der Waals surface area contributed by atoms with Crippen LogP contribution >= 0.6 is 0 Å². The number of amides is 2. The molecule has 0 saturated heterocycles. The third kappa shape index (κ3) is 4.50. The van der Waals surface area contributed by atoms with Crippen LogP contribution in [0.1, 0.15) is 48.8 Å². The highest BCUT2D eigenvalue weighted by atomic mass is 16.3. The van der Waals surface area contributed by atoms with E-state index >= 15 is 0 Å². The number of aromatic amines is 1. The minimum Gasteiger partial charge on any atom is -0.395 e. The Labute approximate surface area is 159 Å². The lowest BCUT2D eigenvalue weighted by Gasteiger charge is -2.28. The van der Waals surface area contributed by atoms with Crippen LogP contribution in [0.15, 0.2) is 23.0 Å². The number of H-pyrrole nitrogens is 1. The van der Waals surface area contributed by atoms with Crippen LogP contribution in [0.3, 0.4) is 0 Å². The summed E-state index contributed by atoms with van der Waals surface area (Å²) in [4.78, 5) is 29.7. The predicted octanol–water partition coefficient (Wildman–Crippen LogP) is 2.98. The van der Waals surface area contributed by atoms with Gasteiger partial charge in [-0.1, -0.05) is 31.4 Å². The van der Waals surface area contributed by atoms with Gasteiger partial charge in [0.2, 0.25) is 0 Å². The number of nitrogens with zero attached hydrogens (tertiary/aromatic N) is 1. The first-order chi connectivity index (χ1) is 13.0. The Hall–Kier alpha value is -2.34. The summed E-state index contributed by atoms with van der Waals surface area (Å²) in [5, 5.41) is 13.4. The first-order valence-electron chi connectivity index (χ1n) is 9.78. The van der Waals surface area contributed by atoms with Crippen LogP contribution < -0.4 is 10.9 Å². The van der Waals surface area contributed by atoms with E-state index in [9.17, 15) is 14.7 Å². The van der Waals surface area contributed by atoms with Crippen LogP contribution in [0.5, 0.6) is 0 Å². The number of aryl methyl sites for hydroxylation is 2. The molecule has 1 aromatic heterocycles. The molecule has 0 unspecified atom stereocenters. The number of hydrogen-bond donors (Lipinski definition) is 3. The minimum absolute atomic E-state index is 0.137. The largest absolute Gasteiger partial charge is 0.395 e. The van der Waals surface area contributed by atoms with Gasteiger partial charge < -0.3 is 20.3 Å². The molecule has 1 aliphatic rings. The van der Waals surface area contributed by atoms with Gasteiger partial charge in [-0.15, -0.1) is 0 Å². The highest BCUT2D eigenvalue weighted by Gasteiger charge is 2.21. The van der Waals surface area contributed by atoms with Crippen LogP contribution in [-0.2, 0) is 6.54 Å². The van der Waals surface area contributed by atoms with Crippen LogP contribution in [0.25, 0.3) is 10.9 Å². The minimum atomic E-state index is -0.212. The molecule has 1 fully saturated rings. The zero-order valence-corrected chi connectivity index (χ0v) is 16.2. The van der Waals surface area contributed by atoms with E-state index in [1.807, 2.05) is 32.0 Å². The quantitative estimate of drug-likeness (QED) is 0.755. The summed E-state index contributed by atoms with van der Waals surface area (Å²) >= 11 is 0. The number of fused-ring (bicyclic) bond motifs is 1. The molecule has 3 N–H and O–H groups in total. The number of aromatic nitrogens is 1. The smallest absolute Gasteiger partial charge is 0.317 e. The maximum Gasteiger partial charge on any atom is 0.317 e. The van der Waals surface area contributed by atoms with Crippen molar-refractivity contribution in [2.45, 2.75) is 58.5 Å². The van der Waals surface area contributed by atoms with Gasteiger partial charge in [-0.25, -0.2) is 4.79 Å². The summed E-state index contributed by atoms with van der Waals surface area (Å²) in [6, 6.07) is 5.86.